The minimum atomic E-state index is -0.0597. The van der Waals surface area contributed by atoms with Crippen LogP contribution in [0.3, 0.4) is 0 Å². The summed E-state index contributed by atoms with van der Waals surface area (Å²) in [6.45, 7) is 8.43. The zero-order valence-corrected chi connectivity index (χ0v) is 16.2. The third-order valence-electron chi connectivity index (χ3n) is 4.99. The van der Waals surface area contributed by atoms with Gasteiger partial charge >= 0.3 is 0 Å². The van der Waals surface area contributed by atoms with Crippen LogP contribution in [0, 0.1) is 5.41 Å². The van der Waals surface area contributed by atoms with E-state index >= 15 is 0 Å². The van der Waals surface area contributed by atoms with Gasteiger partial charge < -0.3 is 9.88 Å². The van der Waals surface area contributed by atoms with E-state index in [1.165, 1.54) is 18.5 Å². The second-order valence-corrected chi connectivity index (χ2v) is 8.56. The number of ketones is 1. The lowest BCUT2D eigenvalue weighted by Crippen LogP contribution is -2.17. The lowest BCUT2D eigenvalue weighted by atomic mass is 9.88. The summed E-state index contributed by atoms with van der Waals surface area (Å²) in [5, 5.41) is 0. The van der Waals surface area contributed by atoms with Crippen molar-refractivity contribution in [1.82, 2.24) is 15.0 Å². The molecule has 1 aromatic carbocycles. The highest BCUT2D eigenvalue weighted by Crippen LogP contribution is 2.28. The van der Waals surface area contributed by atoms with Crippen LogP contribution in [0.4, 0.5) is 5.69 Å². The summed E-state index contributed by atoms with van der Waals surface area (Å²) in [6.07, 6.45) is 6.50. The van der Waals surface area contributed by atoms with Crippen molar-refractivity contribution < 1.29 is 4.79 Å². The molecule has 1 fully saturated rings. The van der Waals surface area contributed by atoms with Crippen LogP contribution in [0.1, 0.15) is 50.4 Å². The van der Waals surface area contributed by atoms with Crippen molar-refractivity contribution in [2.24, 2.45) is 5.41 Å². The number of Topliss-reactive ketones (excluding diaryl/α,β-unsaturated/α-hetero) is 1. The summed E-state index contributed by atoms with van der Waals surface area (Å²) in [5.41, 5.74) is 4.95. The summed E-state index contributed by atoms with van der Waals surface area (Å²) in [5.74, 6) is 0.103. The number of nitrogens with one attached hydrogen (secondary N) is 1. The molecule has 1 aliphatic heterocycles. The molecule has 3 aromatic rings. The summed E-state index contributed by atoms with van der Waals surface area (Å²) in [7, 11) is 0. The first kappa shape index (κ1) is 17.7. The van der Waals surface area contributed by atoms with Crippen LogP contribution in [-0.2, 0) is 0 Å². The highest BCUT2D eigenvalue weighted by Gasteiger charge is 2.21. The van der Waals surface area contributed by atoms with Gasteiger partial charge in [0.1, 0.15) is 5.52 Å². The molecule has 0 amide bonds. The van der Waals surface area contributed by atoms with Crippen molar-refractivity contribution in [3.8, 4) is 11.3 Å². The van der Waals surface area contributed by atoms with Crippen molar-refractivity contribution in [3.63, 3.8) is 0 Å². The van der Waals surface area contributed by atoms with Crippen LogP contribution >= 0.6 is 0 Å². The molecule has 2 aromatic heterocycles. The predicted molar refractivity (Wildman–Crippen MR) is 109 cm³/mol. The van der Waals surface area contributed by atoms with Crippen LogP contribution in [0.25, 0.3) is 22.4 Å². The van der Waals surface area contributed by atoms with Crippen molar-refractivity contribution in [2.75, 3.05) is 18.0 Å². The summed E-state index contributed by atoms with van der Waals surface area (Å²) >= 11 is 0. The van der Waals surface area contributed by atoms with Crippen molar-refractivity contribution in [3.05, 3.63) is 42.2 Å². The average molecular weight is 362 g/mol. The lowest BCUT2D eigenvalue weighted by molar-refractivity contribution is 0.0941. The average Bonchev–Trinajstić information content (AvgIpc) is 3.29. The number of rotatable bonds is 4. The maximum absolute atomic E-state index is 12.7. The third kappa shape index (κ3) is 3.72. The van der Waals surface area contributed by atoms with E-state index < -0.39 is 0 Å². The molecule has 0 bridgehead atoms. The smallest absolute Gasteiger partial charge is 0.167 e. The lowest BCUT2D eigenvalue weighted by Gasteiger charge is -2.18. The zero-order chi connectivity index (χ0) is 19.0. The molecular weight excluding hydrogens is 336 g/mol. The molecule has 5 heteroatoms. The molecule has 0 spiro atoms. The first-order valence-electron chi connectivity index (χ1n) is 9.63. The number of benzene rings is 1. The van der Waals surface area contributed by atoms with E-state index in [9.17, 15) is 4.79 Å². The highest BCUT2D eigenvalue weighted by molar-refractivity contribution is 6.06. The number of aromatic nitrogens is 3. The Labute approximate surface area is 159 Å². The van der Waals surface area contributed by atoms with Gasteiger partial charge in [-0.2, -0.15) is 0 Å². The largest absolute Gasteiger partial charge is 0.372 e. The van der Waals surface area contributed by atoms with Crippen LogP contribution in [0.2, 0.25) is 0 Å². The van der Waals surface area contributed by atoms with Gasteiger partial charge in [0.15, 0.2) is 11.4 Å². The van der Waals surface area contributed by atoms with Crippen molar-refractivity contribution in [1.29, 1.82) is 0 Å². The maximum Gasteiger partial charge on any atom is 0.167 e. The van der Waals surface area contributed by atoms with Crippen LogP contribution < -0.4 is 4.90 Å². The van der Waals surface area contributed by atoms with Gasteiger partial charge in [0.05, 0.1) is 17.5 Å². The minimum absolute atomic E-state index is 0.0597. The maximum atomic E-state index is 12.7. The number of hydrogen-bond acceptors (Lipinski definition) is 4. The SMILES string of the molecule is CC(C)(C)CC(=O)c1c[nH]c2ncc(-c3cccc(N4CCCC4)c3)nc12. The number of fused-ring (bicyclic) bond motifs is 1. The first-order valence-corrected chi connectivity index (χ1v) is 9.63. The molecule has 0 saturated carbocycles. The third-order valence-corrected chi connectivity index (χ3v) is 4.99. The van der Waals surface area contributed by atoms with Gasteiger partial charge in [-0.1, -0.05) is 32.9 Å². The van der Waals surface area contributed by atoms with Crippen LogP contribution in [0.15, 0.2) is 36.7 Å². The standard InChI is InChI=1S/C22H26N4O/c1-22(2,3)12-19(27)17-13-23-21-20(17)25-18(14-24-21)15-7-6-8-16(11-15)26-9-4-5-10-26/h6-8,11,13-14H,4-5,9-10,12H2,1-3H3,(H,23,24). The molecule has 1 saturated heterocycles. The van der Waals surface area contributed by atoms with Crippen molar-refractivity contribution >= 4 is 22.6 Å². The molecule has 1 N–H and O–H groups in total. The molecule has 1 aliphatic rings. The van der Waals surface area contributed by atoms with E-state index in [0.29, 0.717) is 23.1 Å². The van der Waals surface area contributed by atoms with Gasteiger partial charge in [0, 0.05) is 37.0 Å². The zero-order valence-electron chi connectivity index (χ0n) is 16.2. The van der Waals surface area contributed by atoms with E-state index in [2.05, 4.69) is 59.9 Å². The number of H-pyrrole nitrogens is 1. The minimum Gasteiger partial charge on any atom is -0.372 e. The Bertz CT molecular complexity index is 977. The Kier molecular flexibility index (Phi) is 4.46. The Morgan fingerprint density at radius 3 is 2.74 bits per heavy atom. The monoisotopic (exact) mass is 362 g/mol. The molecule has 27 heavy (non-hydrogen) atoms. The quantitative estimate of drug-likeness (QED) is 0.674. The molecule has 3 heterocycles. The van der Waals surface area contributed by atoms with E-state index in [1.807, 2.05) is 0 Å². The Morgan fingerprint density at radius 1 is 1.22 bits per heavy atom. The first-order chi connectivity index (χ1) is 12.9. The van der Waals surface area contributed by atoms with Gasteiger partial charge in [-0.25, -0.2) is 9.97 Å². The summed E-state index contributed by atoms with van der Waals surface area (Å²) in [6, 6.07) is 8.44. The molecule has 5 nitrogen and oxygen atoms in total. The highest BCUT2D eigenvalue weighted by atomic mass is 16.1. The molecule has 0 radical (unpaired) electrons. The molecule has 0 atom stereocenters. The molecular formula is C22H26N4O. The number of anilines is 1. The summed E-state index contributed by atoms with van der Waals surface area (Å²) in [4.78, 5) is 27.5. The predicted octanol–water partition coefficient (Wildman–Crippen LogP) is 4.84. The Balaban J connectivity index is 1.70. The Morgan fingerprint density at radius 2 is 2.00 bits per heavy atom. The molecule has 0 unspecified atom stereocenters. The fourth-order valence-corrected chi connectivity index (χ4v) is 3.66. The fourth-order valence-electron chi connectivity index (χ4n) is 3.66. The normalized spacial score (nSPS) is 14.9. The van der Waals surface area contributed by atoms with Gasteiger partial charge in [-0.05, 0) is 30.4 Å². The van der Waals surface area contributed by atoms with E-state index in [0.717, 1.165) is 24.3 Å². The van der Waals surface area contributed by atoms with Crippen LogP contribution in [-0.4, -0.2) is 33.8 Å². The van der Waals surface area contributed by atoms with Gasteiger partial charge in [-0.3, -0.25) is 4.79 Å². The number of carbonyl (C=O) groups is 1. The molecule has 0 aliphatic carbocycles. The van der Waals surface area contributed by atoms with E-state index in [1.54, 1.807) is 12.4 Å². The topological polar surface area (TPSA) is 61.9 Å². The van der Waals surface area contributed by atoms with Gasteiger partial charge in [0.2, 0.25) is 0 Å². The van der Waals surface area contributed by atoms with Crippen LogP contribution in [0.5, 0.6) is 0 Å². The second kappa shape index (κ2) is 6.80. The van der Waals surface area contributed by atoms with Gasteiger partial charge in [0.25, 0.3) is 0 Å². The number of aromatic amines is 1. The number of hydrogen-bond donors (Lipinski definition) is 1. The van der Waals surface area contributed by atoms with Crippen molar-refractivity contribution in [2.45, 2.75) is 40.0 Å². The Hall–Kier alpha value is -2.69. The fraction of sp³-hybridized carbons (Fsp3) is 0.409. The second-order valence-electron chi connectivity index (χ2n) is 8.56. The molecule has 140 valence electrons. The van der Waals surface area contributed by atoms with E-state index in [4.69, 9.17) is 4.98 Å². The summed E-state index contributed by atoms with van der Waals surface area (Å²) < 4.78 is 0. The molecule has 4 rings (SSSR count). The number of carbonyl (C=O) groups excluding carboxylic acids is 1. The van der Waals surface area contributed by atoms with E-state index in [-0.39, 0.29) is 11.2 Å². The van der Waals surface area contributed by atoms with Gasteiger partial charge in [-0.15, -0.1) is 0 Å². The number of nitrogens with zero attached hydrogens (tertiary/aromatic N) is 3.